The predicted octanol–water partition coefficient (Wildman–Crippen LogP) is 1.04. The molecule has 0 fully saturated rings. The molecule has 0 aliphatic carbocycles. The lowest BCUT2D eigenvalue weighted by Gasteiger charge is -2.16. The van der Waals surface area contributed by atoms with Crippen LogP contribution in [0.4, 0.5) is 0 Å². The van der Waals surface area contributed by atoms with Crippen molar-refractivity contribution in [3.63, 3.8) is 0 Å². The largest absolute Gasteiger partial charge is 0.416 e. The topological polar surface area (TPSA) is 98.1 Å². The van der Waals surface area contributed by atoms with Crippen LogP contribution in [0.2, 0.25) is 0 Å². The van der Waals surface area contributed by atoms with Crippen LogP contribution in [0.3, 0.4) is 0 Å². The fraction of sp³-hybridized carbons (Fsp3) is 0.364. The molecule has 0 aliphatic rings. The molecule has 2 heterocycles. The van der Waals surface area contributed by atoms with E-state index in [1.165, 1.54) is 0 Å². The number of rotatable bonds is 4. The number of nitrogens with two attached hydrogens (primary N) is 1. The van der Waals surface area contributed by atoms with Crippen molar-refractivity contribution in [3.8, 4) is 11.5 Å². The summed E-state index contributed by atoms with van der Waals surface area (Å²) in [5.74, 6) is 0.325. The number of aromatic nitrogens is 3. The van der Waals surface area contributed by atoms with Crippen molar-refractivity contribution in [2.24, 2.45) is 5.73 Å². The summed E-state index contributed by atoms with van der Waals surface area (Å²) in [5.41, 5.74) is 4.81. The molecule has 0 saturated carbocycles. The minimum absolute atomic E-state index is 0.0261. The van der Waals surface area contributed by atoms with Gasteiger partial charge in [0.15, 0.2) is 5.72 Å². The molecule has 0 saturated heterocycles. The van der Waals surface area contributed by atoms with Crippen LogP contribution < -0.4 is 5.73 Å². The van der Waals surface area contributed by atoms with E-state index in [0.717, 1.165) is 6.42 Å². The monoisotopic (exact) mass is 234 g/mol. The van der Waals surface area contributed by atoms with Crippen molar-refractivity contribution >= 4 is 0 Å². The van der Waals surface area contributed by atoms with Crippen LogP contribution in [0.5, 0.6) is 0 Å². The van der Waals surface area contributed by atoms with E-state index >= 15 is 0 Å². The first-order chi connectivity index (χ1) is 8.13. The van der Waals surface area contributed by atoms with Crippen LogP contribution in [0.1, 0.15) is 25.7 Å². The van der Waals surface area contributed by atoms with Gasteiger partial charge in [-0.05, 0) is 18.6 Å². The zero-order valence-corrected chi connectivity index (χ0v) is 9.50. The van der Waals surface area contributed by atoms with Crippen LogP contribution in [-0.2, 0) is 5.72 Å². The third kappa shape index (κ3) is 2.48. The number of pyridine rings is 1. The zero-order chi connectivity index (χ0) is 12.3. The maximum atomic E-state index is 9.91. The first kappa shape index (κ1) is 11.7. The summed E-state index contributed by atoms with van der Waals surface area (Å²) in [7, 11) is 0. The Kier molecular flexibility index (Phi) is 3.16. The van der Waals surface area contributed by atoms with Crippen molar-refractivity contribution in [1.82, 2.24) is 15.2 Å². The lowest BCUT2D eigenvalue weighted by Crippen LogP contribution is -2.36. The summed E-state index contributed by atoms with van der Waals surface area (Å²) >= 11 is 0. The summed E-state index contributed by atoms with van der Waals surface area (Å²) in [4.78, 5) is 3.95. The third-order valence-electron chi connectivity index (χ3n) is 2.33. The zero-order valence-electron chi connectivity index (χ0n) is 9.50. The molecule has 0 bridgehead atoms. The van der Waals surface area contributed by atoms with Gasteiger partial charge in [0.1, 0.15) is 0 Å². The van der Waals surface area contributed by atoms with Gasteiger partial charge < -0.3 is 9.52 Å². The molecular weight excluding hydrogens is 220 g/mol. The molecule has 6 nitrogen and oxygen atoms in total. The highest BCUT2D eigenvalue weighted by molar-refractivity contribution is 5.49. The number of nitrogens with zero attached hydrogens (tertiary/aromatic N) is 3. The molecule has 0 amide bonds. The van der Waals surface area contributed by atoms with E-state index in [0.29, 0.717) is 17.9 Å². The van der Waals surface area contributed by atoms with Crippen LogP contribution in [0.15, 0.2) is 28.9 Å². The molecule has 2 aromatic rings. The van der Waals surface area contributed by atoms with Gasteiger partial charge in [-0.1, -0.05) is 13.3 Å². The van der Waals surface area contributed by atoms with E-state index in [1.54, 1.807) is 24.5 Å². The minimum atomic E-state index is -1.57. The number of hydrogen-bond acceptors (Lipinski definition) is 6. The Hall–Kier alpha value is -1.79. The molecule has 2 aromatic heterocycles. The fourth-order valence-corrected chi connectivity index (χ4v) is 1.49. The Morgan fingerprint density at radius 2 is 2.29 bits per heavy atom. The van der Waals surface area contributed by atoms with Gasteiger partial charge in [-0.25, -0.2) is 0 Å². The van der Waals surface area contributed by atoms with E-state index in [1.807, 2.05) is 6.92 Å². The highest BCUT2D eigenvalue weighted by Gasteiger charge is 2.29. The summed E-state index contributed by atoms with van der Waals surface area (Å²) < 4.78 is 5.35. The quantitative estimate of drug-likeness (QED) is 0.767. The molecule has 90 valence electrons. The summed E-state index contributed by atoms with van der Waals surface area (Å²) in [5, 5.41) is 17.5. The minimum Gasteiger partial charge on any atom is -0.416 e. The van der Waals surface area contributed by atoms with Crippen LogP contribution in [-0.4, -0.2) is 20.3 Å². The first-order valence-corrected chi connectivity index (χ1v) is 5.39. The molecule has 1 unspecified atom stereocenters. The maximum absolute atomic E-state index is 9.91. The second-order valence-electron chi connectivity index (χ2n) is 3.83. The van der Waals surface area contributed by atoms with Gasteiger partial charge in [-0.2, -0.15) is 0 Å². The molecule has 2 rings (SSSR count). The van der Waals surface area contributed by atoms with Crippen molar-refractivity contribution in [1.29, 1.82) is 0 Å². The second-order valence-corrected chi connectivity index (χ2v) is 3.83. The average Bonchev–Trinajstić information content (AvgIpc) is 2.80. The average molecular weight is 234 g/mol. The summed E-state index contributed by atoms with van der Waals surface area (Å²) in [6.07, 6.45) is 4.34. The van der Waals surface area contributed by atoms with E-state index in [-0.39, 0.29) is 5.89 Å². The highest BCUT2D eigenvalue weighted by atomic mass is 16.4. The van der Waals surface area contributed by atoms with Crippen LogP contribution in [0, 0.1) is 0 Å². The SMILES string of the molecule is CCCC(N)(O)c1nnc(-c2cccnc2)o1. The lowest BCUT2D eigenvalue weighted by atomic mass is 10.1. The summed E-state index contributed by atoms with van der Waals surface area (Å²) in [6.45, 7) is 1.91. The molecule has 17 heavy (non-hydrogen) atoms. The lowest BCUT2D eigenvalue weighted by molar-refractivity contribution is 0.00673. The Labute approximate surface area is 98.5 Å². The highest BCUT2D eigenvalue weighted by Crippen LogP contribution is 2.23. The van der Waals surface area contributed by atoms with Gasteiger partial charge in [-0.15, -0.1) is 10.2 Å². The molecule has 1 atom stereocenters. The van der Waals surface area contributed by atoms with Gasteiger partial charge in [-0.3, -0.25) is 10.7 Å². The van der Waals surface area contributed by atoms with Gasteiger partial charge in [0.2, 0.25) is 5.89 Å². The summed E-state index contributed by atoms with van der Waals surface area (Å²) in [6, 6.07) is 3.56. The first-order valence-electron chi connectivity index (χ1n) is 5.39. The van der Waals surface area contributed by atoms with Crippen LogP contribution in [0.25, 0.3) is 11.5 Å². The van der Waals surface area contributed by atoms with Gasteiger partial charge in [0.25, 0.3) is 5.89 Å². The normalized spacial score (nSPS) is 14.5. The van der Waals surface area contributed by atoms with E-state index < -0.39 is 5.72 Å². The smallest absolute Gasteiger partial charge is 0.263 e. The van der Waals surface area contributed by atoms with Crippen LogP contribution >= 0.6 is 0 Å². The molecule has 0 aliphatic heterocycles. The Morgan fingerprint density at radius 1 is 1.47 bits per heavy atom. The molecule has 0 radical (unpaired) electrons. The maximum Gasteiger partial charge on any atom is 0.263 e. The molecule has 0 aromatic carbocycles. The van der Waals surface area contributed by atoms with E-state index in [4.69, 9.17) is 10.2 Å². The van der Waals surface area contributed by atoms with Crippen molar-refractivity contribution < 1.29 is 9.52 Å². The molecule has 6 heteroatoms. The van der Waals surface area contributed by atoms with Crippen molar-refractivity contribution in [2.45, 2.75) is 25.5 Å². The Bertz CT molecular complexity index is 481. The number of aliphatic hydroxyl groups is 1. The second kappa shape index (κ2) is 4.60. The van der Waals surface area contributed by atoms with E-state index in [9.17, 15) is 5.11 Å². The standard InChI is InChI=1S/C11H14N4O2/c1-2-5-11(12,16)10-15-14-9(17-10)8-4-3-6-13-7-8/h3-4,6-7,16H,2,5,12H2,1H3. The van der Waals surface area contributed by atoms with Gasteiger partial charge in [0, 0.05) is 12.4 Å². The molecular formula is C11H14N4O2. The van der Waals surface area contributed by atoms with E-state index in [2.05, 4.69) is 15.2 Å². The van der Waals surface area contributed by atoms with Crippen molar-refractivity contribution in [2.75, 3.05) is 0 Å². The molecule has 3 N–H and O–H groups in total. The Balaban J connectivity index is 2.28. The van der Waals surface area contributed by atoms with Gasteiger partial charge >= 0.3 is 0 Å². The third-order valence-corrected chi connectivity index (χ3v) is 2.33. The Morgan fingerprint density at radius 3 is 2.94 bits per heavy atom. The van der Waals surface area contributed by atoms with Gasteiger partial charge in [0.05, 0.1) is 5.56 Å². The van der Waals surface area contributed by atoms with Crippen molar-refractivity contribution in [3.05, 3.63) is 30.4 Å². The fourth-order valence-electron chi connectivity index (χ4n) is 1.49. The predicted molar refractivity (Wildman–Crippen MR) is 60.5 cm³/mol. The number of hydrogen-bond donors (Lipinski definition) is 2. The molecule has 0 spiro atoms.